The van der Waals surface area contributed by atoms with Crippen molar-refractivity contribution in [2.24, 2.45) is 0 Å². The Morgan fingerprint density at radius 3 is 2.53 bits per heavy atom. The lowest BCUT2D eigenvalue weighted by Crippen LogP contribution is -1.85. The molecule has 2 nitrogen and oxygen atoms in total. The van der Waals surface area contributed by atoms with Gasteiger partial charge in [0.1, 0.15) is 16.5 Å². The number of hydrogen-bond donors (Lipinski definition) is 0. The fourth-order valence-corrected chi connectivity index (χ4v) is 1.59. The Morgan fingerprint density at radius 1 is 1.13 bits per heavy atom. The van der Waals surface area contributed by atoms with E-state index in [-0.39, 0.29) is 0 Å². The minimum atomic E-state index is 0.510. The number of nitrogens with zero attached hydrogens (tertiary/aromatic N) is 1. The zero-order valence-electron chi connectivity index (χ0n) is 7.65. The number of hydrogen-bond acceptors (Lipinski definition) is 2. The molecule has 0 amide bonds. The lowest BCUT2D eigenvalue weighted by molar-refractivity contribution is 0.482. The van der Waals surface area contributed by atoms with E-state index in [9.17, 15) is 0 Å². The Morgan fingerprint density at radius 2 is 1.87 bits per heavy atom. The molecule has 0 N–H and O–H groups in total. The van der Waals surface area contributed by atoms with Gasteiger partial charge in [0.2, 0.25) is 0 Å². The molecular weight excluding hydrogens is 324 g/mol. The van der Waals surface area contributed by atoms with Gasteiger partial charge in [0.05, 0.1) is 0 Å². The molecule has 0 aliphatic heterocycles. The van der Waals surface area contributed by atoms with E-state index >= 15 is 0 Å². The third-order valence-electron chi connectivity index (χ3n) is 1.78. The molecule has 0 bridgehead atoms. The van der Waals surface area contributed by atoms with Crippen LogP contribution < -0.4 is 4.74 Å². The number of pyridine rings is 1. The van der Waals surface area contributed by atoms with Crippen LogP contribution in [0.5, 0.6) is 11.5 Å². The van der Waals surface area contributed by atoms with Crippen molar-refractivity contribution in [3.05, 3.63) is 51.3 Å². The van der Waals surface area contributed by atoms with Crippen molar-refractivity contribution in [3.63, 3.8) is 0 Å². The van der Waals surface area contributed by atoms with E-state index in [0.717, 1.165) is 5.75 Å². The van der Waals surface area contributed by atoms with Gasteiger partial charge in [0.25, 0.3) is 0 Å². The van der Waals surface area contributed by atoms with Crippen LogP contribution in [0.3, 0.4) is 0 Å². The first kappa shape index (κ1) is 10.7. The Balaban J connectivity index is 2.22. The van der Waals surface area contributed by atoms with Gasteiger partial charge in [0, 0.05) is 22.0 Å². The third kappa shape index (κ3) is 2.82. The molecule has 1 heterocycles. The topological polar surface area (TPSA) is 22.1 Å². The van der Waals surface area contributed by atoms with E-state index in [0.29, 0.717) is 10.8 Å². The van der Waals surface area contributed by atoms with Gasteiger partial charge in [-0.3, -0.25) is 4.98 Å². The van der Waals surface area contributed by atoms with Gasteiger partial charge in [0.15, 0.2) is 0 Å². The Kier molecular flexibility index (Phi) is 3.43. The number of halogens is 2. The Bertz CT molecular complexity index is 458. The van der Waals surface area contributed by atoms with Gasteiger partial charge < -0.3 is 4.74 Å². The molecular formula is C11H7ClINO. The van der Waals surface area contributed by atoms with Crippen molar-refractivity contribution in [3.8, 4) is 11.5 Å². The molecule has 0 atom stereocenters. The summed E-state index contributed by atoms with van der Waals surface area (Å²) in [4.78, 5) is 3.89. The fourth-order valence-electron chi connectivity index (χ4n) is 1.07. The van der Waals surface area contributed by atoms with Crippen molar-refractivity contribution >= 4 is 34.2 Å². The van der Waals surface area contributed by atoms with Crippen LogP contribution in [-0.2, 0) is 0 Å². The van der Waals surface area contributed by atoms with Crippen molar-refractivity contribution in [2.45, 2.75) is 0 Å². The molecule has 0 saturated heterocycles. The summed E-state index contributed by atoms with van der Waals surface area (Å²) in [6.45, 7) is 0. The molecule has 2 aromatic rings. The molecule has 1 aromatic heterocycles. The standard InChI is InChI=1S/C11H7ClINO/c12-10-7-14-6-5-11(10)15-9-3-1-8(13)2-4-9/h1-7H. The maximum absolute atomic E-state index is 5.92. The molecule has 0 fully saturated rings. The summed E-state index contributed by atoms with van der Waals surface area (Å²) < 4.78 is 6.76. The van der Waals surface area contributed by atoms with Crippen LogP contribution in [-0.4, -0.2) is 4.98 Å². The van der Waals surface area contributed by atoms with E-state index in [1.807, 2.05) is 24.3 Å². The molecule has 15 heavy (non-hydrogen) atoms. The first-order chi connectivity index (χ1) is 7.25. The summed E-state index contributed by atoms with van der Waals surface area (Å²) in [7, 11) is 0. The summed E-state index contributed by atoms with van der Waals surface area (Å²) in [6.07, 6.45) is 3.21. The maximum atomic E-state index is 5.92. The van der Waals surface area contributed by atoms with Gasteiger partial charge in [-0.15, -0.1) is 0 Å². The molecule has 0 aliphatic rings. The Labute approximate surface area is 106 Å². The van der Waals surface area contributed by atoms with Crippen LogP contribution in [0, 0.1) is 3.57 Å². The highest BCUT2D eigenvalue weighted by Crippen LogP contribution is 2.28. The third-order valence-corrected chi connectivity index (χ3v) is 2.78. The first-order valence-corrected chi connectivity index (χ1v) is 5.74. The lowest BCUT2D eigenvalue weighted by atomic mass is 10.3. The first-order valence-electron chi connectivity index (χ1n) is 4.28. The molecule has 2 rings (SSSR count). The van der Waals surface area contributed by atoms with Crippen molar-refractivity contribution < 1.29 is 4.74 Å². The predicted molar refractivity (Wildman–Crippen MR) is 68.5 cm³/mol. The van der Waals surface area contributed by atoms with Gasteiger partial charge >= 0.3 is 0 Å². The summed E-state index contributed by atoms with van der Waals surface area (Å²) in [5.41, 5.74) is 0. The number of ether oxygens (including phenoxy) is 1. The number of rotatable bonds is 2. The number of aromatic nitrogens is 1. The second-order valence-electron chi connectivity index (χ2n) is 2.86. The van der Waals surface area contributed by atoms with E-state index in [1.165, 1.54) is 3.57 Å². The lowest BCUT2D eigenvalue weighted by Gasteiger charge is -2.06. The van der Waals surface area contributed by atoms with Crippen LogP contribution >= 0.6 is 34.2 Å². The van der Waals surface area contributed by atoms with Gasteiger partial charge in [-0.2, -0.15) is 0 Å². The molecule has 0 radical (unpaired) electrons. The van der Waals surface area contributed by atoms with Crippen molar-refractivity contribution in [1.82, 2.24) is 4.98 Å². The van der Waals surface area contributed by atoms with Crippen molar-refractivity contribution in [2.75, 3.05) is 0 Å². The second kappa shape index (κ2) is 4.81. The summed E-state index contributed by atoms with van der Waals surface area (Å²) >= 11 is 8.16. The molecule has 0 spiro atoms. The minimum Gasteiger partial charge on any atom is -0.456 e. The van der Waals surface area contributed by atoms with E-state index < -0.39 is 0 Å². The smallest absolute Gasteiger partial charge is 0.149 e. The van der Waals surface area contributed by atoms with Crippen LogP contribution in [0.2, 0.25) is 5.02 Å². The molecule has 76 valence electrons. The van der Waals surface area contributed by atoms with Gasteiger partial charge in [-0.1, -0.05) is 11.6 Å². The zero-order valence-corrected chi connectivity index (χ0v) is 10.6. The normalized spacial score (nSPS) is 10.0. The van der Waals surface area contributed by atoms with Crippen LogP contribution in [0.1, 0.15) is 0 Å². The highest BCUT2D eigenvalue weighted by atomic mass is 127. The summed E-state index contributed by atoms with van der Waals surface area (Å²) in [5, 5.41) is 0.510. The largest absolute Gasteiger partial charge is 0.456 e. The summed E-state index contributed by atoms with van der Waals surface area (Å²) in [5.74, 6) is 1.39. The highest BCUT2D eigenvalue weighted by molar-refractivity contribution is 14.1. The zero-order chi connectivity index (χ0) is 10.7. The summed E-state index contributed by atoms with van der Waals surface area (Å²) in [6, 6.07) is 9.49. The molecule has 0 unspecified atom stereocenters. The molecule has 1 aromatic carbocycles. The van der Waals surface area contributed by atoms with E-state index in [4.69, 9.17) is 16.3 Å². The van der Waals surface area contributed by atoms with Crippen molar-refractivity contribution in [1.29, 1.82) is 0 Å². The highest BCUT2D eigenvalue weighted by Gasteiger charge is 2.01. The van der Waals surface area contributed by atoms with Gasteiger partial charge in [-0.25, -0.2) is 0 Å². The van der Waals surface area contributed by atoms with Crippen LogP contribution in [0.25, 0.3) is 0 Å². The average molecular weight is 332 g/mol. The number of benzene rings is 1. The molecule has 0 aliphatic carbocycles. The Hall–Kier alpha value is -0.810. The maximum Gasteiger partial charge on any atom is 0.149 e. The SMILES string of the molecule is Clc1cnccc1Oc1ccc(I)cc1. The monoisotopic (exact) mass is 331 g/mol. The molecule has 4 heteroatoms. The average Bonchev–Trinajstić information content (AvgIpc) is 2.25. The van der Waals surface area contributed by atoms with E-state index in [2.05, 4.69) is 27.6 Å². The predicted octanol–water partition coefficient (Wildman–Crippen LogP) is 4.13. The van der Waals surface area contributed by atoms with Crippen LogP contribution in [0.15, 0.2) is 42.7 Å². The molecule has 0 saturated carbocycles. The van der Waals surface area contributed by atoms with E-state index in [1.54, 1.807) is 18.5 Å². The second-order valence-corrected chi connectivity index (χ2v) is 4.51. The minimum absolute atomic E-state index is 0.510. The quantitative estimate of drug-likeness (QED) is 0.772. The van der Waals surface area contributed by atoms with Crippen LogP contribution in [0.4, 0.5) is 0 Å². The fraction of sp³-hybridized carbons (Fsp3) is 0. The van der Waals surface area contributed by atoms with Gasteiger partial charge in [-0.05, 0) is 46.9 Å².